The van der Waals surface area contributed by atoms with Crippen molar-refractivity contribution in [3.05, 3.63) is 46.2 Å². The number of thiol groups is 1. The lowest BCUT2D eigenvalue weighted by Gasteiger charge is -2.18. The van der Waals surface area contributed by atoms with Gasteiger partial charge in [-0.1, -0.05) is 6.07 Å². The molecule has 0 fully saturated rings. The first kappa shape index (κ1) is 19.5. The van der Waals surface area contributed by atoms with Gasteiger partial charge in [-0.05, 0) is 29.6 Å². The Morgan fingerprint density at radius 1 is 1.16 bits per heavy atom. The highest BCUT2D eigenvalue weighted by Gasteiger charge is 2.44. The van der Waals surface area contributed by atoms with Crippen molar-refractivity contribution in [2.24, 2.45) is 0 Å². The van der Waals surface area contributed by atoms with E-state index in [0.717, 1.165) is 18.2 Å². The molecule has 2 rings (SSSR count). The van der Waals surface area contributed by atoms with Gasteiger partial charge in [-0.3, -0.25) is 9.59 Å². The first-order chi connectivity index (χ1) is 11.7. The zero-order valence-electron chi connectivity index (χ0n) is 12.5. The molecule has 0 N–H and O–H groups in total. The number of carbonyl (C=O) groups excluding carboxylic acids is 2. The van der Waals surface area contributed by atoms with Crippen molar-refractivity contribution in [2.45, 2.75) is 30.3 Å². The van der Waals surface area contributed by atoms with Gasteiger partial charge in [0.15, 0.2) is 11.6 Å². The normalized spacial score (nSPS) is 11.6. The molecule has 2 aromatic rings. The van der Waals surface area contributed by atoms with Gasteiger partial charge in [0.25, 0.3) is 0 Å². The number of Topliss-reactive ketones (excluding diaryl/α,β-unsaturated/α-hetero) is 2. The minimum Gasteiger partial charge on any atom is -0.427 e. The van der Waals surface area contributed by atoms with Gasteiger partial charge in [-0.2, -0.15) is 17.6 Å². The van der Waals surface area contributed by atoms with E-state index >= 15 is 0 Å². The first-order valence-corrected chi connectivity index (χ1v) is 8.31. The van der Waals surface area contributed by atoms with Gasteiger partial charge in [-0.25, -0.2) is 0 Å². The molecule has 0 aliphatic heterocycles. The van der Waals surface area contributed by atoms with E-state index in [-0.39, 0.29) is 29.1 Å². The molecular formula is C16H12F4O3S2. The van der Waals surface area contributed by atoms with Crippen molar-refractivity contribution in [1.82, 2.24) is 0 Å². The smallest absolute Gasteiger partial charge is 0.427 e. The lowest BCUT2D eigenvalue weighted by Crippen LogP contribution is -2.33. The minimum absolute atomic E-state index is 0.00293. The molecule has 0 saturated heterocycles. The van der Waals surface area contributed by atoms with Crippen molar-refractivity contribution in [1.29, 1.82) is 0 Å². The van der Waals surface area contributed by atoms with Crippen molar-refractivity contribution < 1.29 is 31.9 Å². The zero-order valence-corrected chi connectivity index (χ0v) is 14.3. The summed E-state index contributed by atoms with van der Waals surface area (Å²) in [6.07, 6.45) is -8.72. The van der Waals surface area contributed by atoms with E-state index in [1.54, 1.807) is 17.5 Å². The topological polar surface area (TPSA) is 43.4 Å². The average molecular weight is 392 g/mol. The fraction of sp³-hybridized carbons (Fsp3) is 0.250. The van der Waals surface area contributed by atoms with Gasteiger partial charge in [-0.15, -0.1) is 24.0 Å². The van der Waals surface area contributed by atoms with Crippen LogP contribution in [0.25, 0.3) is 0 Å². The highest BCUT2D eigenvalue weighted by atomic mass is 32.1. The molecule has 9 heteroatoms. The number of alkyl halides is 4. The van der Waals surface area contributed by atoms with Crippen LogP contribution < -0.4 is 4.74 Å². The summed E-state index contributed by atoms with van der Waals surface area (Å²) in [4.78, 5) is 24.3. The highest BCUT2D eigenvalue weighted by Crippen LogP contribution is 2.32. The Morgan fingerprint density at radius 2 is 1.84 bits per heavy atom. The molecule has 3 nitrogen and oxygen atoms in total. The van der Waals surface area contributed by atoms with E-state index < -0.39 is 24.1 Å². The first-order valence-electron chi connectivity index (χ1n) is 6.98. The molecule has 0 atom stereocenters. The van der Waals surface area contributed by atoms with Gasteiger partial charge in [0.05, 0.1) is 4.88 Å². The fourth-order valence-corrected chi connectivity index (χ4v) is 2.85. The predicted octanol–water partition coefficient (Wildman–Crippen LogP) is 5.12. The second-order valence-corrected chi connectivity index (χ2v) is 6.40. The zero-order chi connectivity index (χ0) is 18.6. The Bertz CT molecular complexity index is 761. The maximum atomic E-state index is 12.9. The number of thiophene rings is 1. The predicted molar refractivity (Wildman–Crippen MR) is 87.5 cm³/mol. The van der Waals surface area contributed by atoms with Crippen molar-refractivity contribution in [3.8, 4) is 5.75 Å². The summed E-state index contributed by atoms with van der Waals surface area (Å²) in [5.74, 6) is -1.14. The summed E-state index contributed by atoms with van der Waals surface area (Å²) in [7, 11) is 0. The molecule has 0 unspecified atom stereocenters. The number of ether oxygens (including phenoxy) is 1. The fourth-order valence-electron chi connectivity index (χ4n) is 1.90. The van der Waals surface area contributed by atoms with Crippen LogP contribution >= 0.6 is 24.0 Å². The van der Waals surface area contributed by atoms with E-state index in [2.05, 4.69) is 17.4 Å². The van der Waals surface area contributed by atoms with Gasteiger partial charge in [0.2, 0.25) is 0 Å². The lowest BCUT2D eigenvalue weighted by molar-refractivity contribution is -0.254. The SMILES string of the molecule is O=C(CCC(=O)c1cccs1)c1ccc(OC(F)(F)C(F)F)c(S)c1. The van der Waals surface area contributed by atoms with Crippen LogP contribution in [0.4, 0.5) is 17.6 Å². The Kier molecular flexibility index (Phi) is 6.23. The van der Waals surface area contributed by atoms with Gasteiger partial charge < -0.3 is 4.74 Å². The number of rotatable bonds is 8. The summed E-state index contributed by atoms with van der Waals surface area (Å²) >= 11 is 5.15. The number of carbonyl (C=O) groups is 2. The molecule has 0 aliphatic rings. The highest BCUT2D eigenvalue weighted by molar-refractivity contribution is 7.80. The largest absolute Gasteiger partial charge is 0.461 e. The Balaban J connectivity index is 2.02. The summed E-state index contributed by atoms with van der Waals surface area (Å²) in [5.41, 5.74) is 0.122. The molecular weight excluding hydrogens is 380 g/mol. The van der Waals surface area contributed by atoms with E-state index in [4.69, 9.17) is 0 Å². The van der Waals surface area contributed by atoms with Gasteiger partial charge >= 0.3 is 12.5 Å². The molecule has 0 bridgehead atoms. The van der Waals surface area contributed by atoms with Crippen LogP contribution in [-0.4, -0.2) is 24.1 Å². The average Bonchev–Trinajstić information content (AvgIpc) is 3.08. The molecule has 1 heterocycles. The van der Waals surface area contributed by atoms with Gasteiger partial charge in [0, 0.05) is 23.3 Å². The Morgan fingerprint density at radius 3 is 2.40 bits per heavy atom. The Labute approximate surface area is 150 Å². The summed E-state index contributed by atoms with van der Waals surface area (Å²) in [6.45, 7) is 0. The molecule has 134 valence electrons. The molecule has 1 aromatic heterocycles. The molecule has 0 spiro atoms. The third kappa shape index (κ3) is 5.05. The van der Waals surface area contributed by atoms with Crippen LogP contribution in [0.2, 0.25) is 0 Å². The van der Waals surface area contributed by atoms with E-state index in [1.165, 1.54) is 11.3 Å². The van der Waals surface area contributed by atoms with E-state index in [1.807, 2.05) is 0 Å². The van der Waals surface area contributed by atoms with Crippen molar-refractivity contribution >= 4 is 35.5 Å². The molecule has 0 amide bonds. The summed E-state index contributed by atoms with van der Waals surface area (Å²) in [5, 5.41) is 1.75. The van der Waals surface area contributed by atoms with Crippen molar-refractivity contribution in [2.75, 3.05) is 0 Å². The number of hydrogen-bond acceptors (Lipinski definition) is 5. The second kappa shape index (κ2) is 8.01. The number of hydrogen-bond donors (Lipinski definition) is 1. The van der Waals surface area contributed by atoms with Crippen LogP contribution in [0.1, 0.15) is 32.9 Å². The maximum absolute atomic E-state index is 12.9. The monoisotopic (exact) mass is 392 g/mol. The number of ketones is 2. The molecule has 0 aliphatic carbocycles. The van der Waals surface area contributed by atoms with Crippen LogP contribution in [0.3, 0.4) is 0 Å². The number of halogens is 4. The quantitative estimate of drug-likeness (QED) is 0.385. The standard InChI is InChI=1S/C16H12F4O3S2/c17-15(18)16(19,20)23-12-6-3-9(8-13(12)24)10(21)4-5-11(22)14-2-1-7-25-14/h1-3,6-8,15,24H,4-5H2. The minimum atomic E-state index is -4.66. The van der Waals surface area contributed by atoms with Crippen LogP contribution in [0, 0.1) is 0 Å². The lowest BCUT2D eigenvalue weighted by atomic mass is 10.0. The third-order valence-electron chi connectivity index (χ3n) is 3.16. The number of benzene rings is 1. The van der Waals surface area contributed by atoms with Crippen LogP contribution in [-0.2, 0) is 0 Å². The molecule has 1 aromatic carbocycles. The molecule has 0 radical (unpaired) electrons. The van der Waals surface area contributed by atoms with Crippen LogP contribution in [0.15, 0.2) is 40.6 Å². The maximum Gasteiger partial charge on any atom is 0.461 e. The summed E-state index contributed by atoms with van der Waals surface area (Å²) < 4.78 is 54.1. The van der Waals surface area contributed by atoms with Gasteiger partial charge in [0.1, 0.15) is 5.75 Å². The third-order valence-corrected chi connectivity index (χ3v) is 4.42. The summed E-state index contributed by atoms with van der Waals surface area (Å²) in [6, 6.07) is 6.64. The molecule has 25 heavy (non-hydrogen) atoms. The van der Waals surface area contributed by atoms with E-state index in [0.29, 0.717) is 4.88 Å². The second-order valence-electron chi connectivity index (χ2n) is 4.97. The van der Waals surface area contributed by atoms with E-state index in [9.17, 15) is 27.2 Å². The Hall–Kier alpha value is -1.87. The van der Waals surface area contributed by atoms with Crippen LogP contribution in [0.5, 0.6) is 5.75 Å². The molecule has 0 saturated carbocycles. The van der Waals surface area contributed by atoms with Crippen molar-refractivity contribution in [3.63, 3.8) is 0 Å².